The second kappa shape index (κ2) is 10.0. The molecule has 0 unspecified atom stereocenters. The number of carboxylic acid groups (broad SMARTS) is 1. The first kappa shape index (κ1) is 23.6. The minimum absolute atomic E-state index is 0.0190. The third kappa shape index (κ3) is 4.71. The lowest BCUT2D eigenvalue weighted by Gasteiger charge is -2.22. The van der Waals surface area contributed by atoms with Gasteiger partial charge < -0.3 is 24.3 Å². The Morgan fingerprint density at radius 1 is 1.22 bits per heavy atom. The Morgan fingerprint density at radius 3 is 2.59 bits per heavy atom. The van der Waals surface area contributed by atoms with Crippen LogP contribution >= 0.6 is 11.6 Å². The van der Waals surface area contributed by atoms with E-state index in [1.807, 2.05) is 6.92 Å². The molecule has 0 amide bonds. The highest BCUT2D eigenvalue weighted by Gasteiger charge is 2.20. The molecule has 7 nitrogen and oxygen atoms in total. The minimum Gasteiger partial charge on any atom is -0.494 e. The van der Waals surface area contributed by atoms with Crippen LogP contribution in [-0.2, 0) is 6.42 Å². The van der Waals surface area contributed by atoms with E-state index in [-0.39, 0.29) is 29.2 Å². The Labute approximate surface area is 188 Å². The van der Waals surface area contributed by atoms with Crippen molar-refractivity contribution in [2.75, 3.05) is 13.2 Å². The number of benzene rings is 2. The summed E-state index contributed by atoms with van der Waals surface area (Å²) >= 11 is 5.90. The number of pyridine rings is 1. The zero-order valence-corrected chi connectivity index (χ0v) is 18.4. The van der Waals surface area contributed by atoms with E-state index in [4.69, 9.17) is 26.2 Å². The van der Waals surface area contributed by atoms with Crippen molar-refractivity contribution in [3.63, 3.8) is 0 Å². The molecular weight excluding hydrogens is 441 g/mol. The van der Waals surface area contributed by atoms with E-state index < -0.39 is 23.4 Å². The lowest BCUT2D eigenvalue weighted by Crippen LogP contribution is -2.20. The van der Waals surface area contributed by atoms with Gasteiger partial charge in [0.25, 0.3) is 0 Å². The zero-order chi connectivity index (χ0) is 23.4. The first-order chi connectivity index (χ1) is 15.3. The summed E-state index contributed by atoms with van der Waals surface area (Å²) in [6.45, 7) is 3.74. The number of fused-ring (bicyclic) bond motifs is 1. The molecule has 1 aromatic heterocycles. The molecule has 0 aliphatic carbocycles. The van der Waals surface area contributed by atoms with E-state index in [9.17, 15) is 19.1 Å². The van der Waals surface area contributed by atoms with Crippen molar-refractivity contribution in [2.24, 2.45) is 0 Å². The first-order valence-corrected chi connectivity index (χ1v) is 10.5. The van der Waals surface area contributed by atoms with Crippen molar-refractivity contribution >= 4 is 28.7 Å². The highest BCUT2D eigenvalue weighted by Crippen LogP contribution is 2.31. The van der Waals surface area contributed by atoms with Crippen molar-refractivity contribution < 1.29 is 28.9 Å². The predicted octanol–water partition coefficient (Wildman–Crippen LogP) is 4.78. The Kier molecular flexibility index (Phi) is 7.37. The molecule has 0 saturated carbocycles. The molecule has 3 aromatic rings. The Morgan fingerprint density at radius 2 is 1.97 bits per heavy atom. The number of carbonyl (C=O) groups is 1. The number of aromatic nitrogens is 1. The number of nitrogens with zero attached hydrogens (tertiary/aromatic N) is 1. The average molecular weight is 464 g/mol. The highest BCUT2D eigenvalue weighted by atomic mass is 35.5. The minimum atomic E-state index is -1.63. The molecule has 2 N–H and O–H groups in total. The summed E-state index contributed by atoms with van der Waals surface area (Å²) in [5.74, 6) is -0.517. The summed E-state index contributed by atoms with van der Waals surface area (Å²) in [5, 5.41) is 19.0. The predicted molar refractivity (Wildman–Crippen MR) is 119 cm³/mol. The third-order valence-corrected chi connectivity index (χ3v) is 5.46. The topological polar surface area (TPSA) is 98.0 Å². The van der Waals surface area contributed by atoms with Crippen LogP contribution in [0.15, 0.2) is 41.3 Å². The molecule has 170 valence electrons. The lowest BCUT2D eigenvalue weighted by molar-refractivity contribution is 0.143. The van der Waals surface area contributed by atoms with Crippen LogP contribution in [-0.4, -0.2) is 34.1 Å². The van der Waals surface area contributed by atoms with Gasteiger partial charge in [0.15, 0.2) is 5.75 Å². The molecule has 0 bridgehead atoms. The Hall–Kier alpha value is -3.10. The number of hydrogen-bond acceptors (Lipinski definition) is 5. The van der Waals surface area contributed by atoms with Gasteiger partial charge in [0, 0.05) is 12.5 Å². The molecule has 32 heavy (non-hydrogen) atoms. The summed E-state index contributed by atoms with van der Waals surface area (Å²) in [6.07, 6.45) is 0.255. The number of ether oxygens (including phenoxy) is 2. The summed E-state index contributed by atoms with van der Waals surface area (Å²) < 4.78 is 26.6. The van der Waals surface area contributed by atoms with Gasteiger partial charge in [-0.1, -0.05) is 30.7 Å². The molecule has 9 heteroatoms. The van der Waals surface area contributed by atoms with Gasteiger partial charge in [-0.15, -0.1) is 0 Å². The largest absolute Gasteiger partial charge is 0.511 e. The van der Waals surface area contributed by atoms with Crippen molar-refractivity contribution in [2.45, 2.75) is 32.7 Å². The number of hydrogen-bond donors (Lipinski definition) is 2. The normalized spacial score (nSPS) is 12.0. The van der Waals surface area contributed by atoms with Crippen LogP contribution in [0, 0.1) is 5.82 Å². The van der Waals surface area contributed by atoms with E-state index in [0.717, 1.165) is 0 Å². The average Bonchev–Trinajstić information content (AvgIpc) is 2.75. The first-order valence-electron chi connectivity index (χ1n) is 10.1. The van der Waals surface area contributed by atoms with Gasteiger partial charge in [-0.2, -0.15) is 0 Å². The van der Waals surface area contributed by atoms with Crippen molar-refractivity contribution in [1.29, 1.82) is 0 Å². The zero-order valence-electron chi connectivity index (χ0n) is 17.6. The van der Waals surface area contributed by atoms with Gasteiger partial charge >= 0.3 is 6.16 Å². The second-order valence-corrected chi connectivity index (χ2v) is 7.55. The SMILES string of the molecule is CCOc1cc2c(cc1Cc1cccc(Cl)c1F)c(=O)c(OC(=O)O)cn2[C@@H](CC)CO. The monoisotopic (exact) mass is 463 g/mol. The Bertz CT molecular complexity index is 1210. The second-order valence-electron chi connectivity index (χ2n) is 7.14. The van der Waals surface area contributed by atoms with Crippen LogP contribution < -0.4 is 14.9 Å². The standard InChI is InChI=1S/C23H23ClFNO6/c1-3-15(12-27)26-11-20(32-23(29)30)22(28)16-9-14(19(31-4-2)10-18(16)26)8-13-6-5-7-17(24)21(13)25/h5-7,9-11,15,27H,3-4,8,12H2,1-2H3,(H,29,30)/t15-/m0/s1. The van der Waals surface area contributed by atoms with E-state index in [2.05, 4.69) is 0 Å². The van der Waals surface area contributed by atoms with E-state index in [1.54, 1.807) is 29.7 Å². The Balaban J connectivity index is 2.30. The van der Waals surface area contributed by atoms with Gasteiger partial charge in [-0.05, 0) is 36.6 Å². The molecule has 1 heterocycles. The number of halogens is 2. The molecule has 0 aliphatic heterocycles. The smallest absolute Gasteiger partial charge is 0.494 e. The van der Waals surface area contributed by atoms with Gasteiger partial charge in [-0.25, -0.2) is 9.18 Å². The highest BCUT2D eigenvalue weighted by molar-refractivity contribution is 6.30. The molecule has 0 fully saturated rings. The molecule has 0 aliphatic rings. The quantitative estimate of drug-likeness (QED) is 0.466. The maximum Gasteiger partial charge on any atom is 0.511 e. The van der Waals surface area contributed by atoms with Crippen molar-refractivity contribution in [3.8, 4) is 11.5 Å². The summed E-state index contributed by atoms with van der Waals surface area (Å²) in [7, 11) is 0. The summed E-state index contributed by atoms with van der Waals surface area (Å²) in [4.78, 5) is 24.1. The lowest BCUT2D eigenvalue weighted by atomic mass is 10.0. The fourth-order valence-corrected chi connectivity index (χ4v) is 3.79. The van der Waals surface area contributed by atoms with Crippen molar-refractivity contribution in [3.05, 3.63) is 68.7 Å². The number of aliphatic hydroxyl groups excluding tert-OH is 1. The summed E-state index contributed by atoms with van der Waals surface area (Å²) in [6, 6.07) is 7.40. The van der Waals surface area contributed by atoms with Crippen LogP contribution in [0.5, 0.6) is 11.5 Å². The molecule has 1 atom stereocenters. The molecular formula is C23H23ClFNO6. The van der Waals surface area contributed by atoms with Gasteiger partial charge in [0.2, 0.25) is 5.43 Å². The molecule has 0 spiro atoms. The molecule has 0 saturated heterocycles. The van der Waals surface area contributed by atoms with Crippen LogP contribution in [0.3, 0.4) is 0 Å². The fourth-order valence-electron chi connectivity index (χ4n) is 3.60. The summed E-state index contributed by atoms with van der Waals surface area (Å²) in [5.41, 5.74) is 0.640. The van der Waals surface area contributed by atoms with Gasteiger partial charge in [0.05, 0.1) is 41.4 Å². The van der Waals surface area contributed by atoms with Gasteiger partial charge in [-0.3, -0.25) is 4.79 Å². The third-order valence-electron chi connectivity index (χ3n) is 5.17. The van der Waals surface area contributed by atoms with Crippen molar-refractivity contribution in [1.82, 2.24) is 4.57 Å². The van der Waals surface area contributed by atoms with Crippen LogP contribution in [0.25, 0.3) is 10.9 Å². The van der Waals surface area contributed by atoms with E-state index in [1.165, 1.54) is 18.3 Å². The van der Waals surface area contributed by atoms with Crippen LogP contribution in [0.4, 0.5) is 9.18 Å². The maximum absolute atomic E-state index is 14.5. The van der Waals surface area contributed by atoms with Crippen LogP contribution in [0.1, 0.15) is 37.4 Å². The number of rotatable bonds is 8. The molecule has 0 radical (unpaired) electrons. The fraction of sp³-hybridized carbons (Fsp3) is 0.304. The maximum atomic E-state index is 14.5. The van der Waals surface area contributed by atoms with E-state index in [0.29, 0.717) is 35.4 Å². The molecule has 3 rings (SSSR count). The van der Waals surface area contributed by atoms with E-state index >= 15 is 0 Å². The van der Waals surface area contributed by atoms with Crippen LogP contribution in [0.2, 0.25) is 5.02 Å². The van der Waals surface area contributed by atoms with Gasteiger partial charge in [0.1, 0.15) is 11.6 Å². The number of aliphatic hydroxyl groups is 1. The molecule has 2 aromatic carbocycles.